The summed E-state index contributed by atoms with van der Waals surface area (Å²) in [6.07, 6.45) is -4.57. The Labute approximate surface area is 110 Å². The maximum Gasteiger partial charge on any atom is 0.432 e. The number of alkyl halides is 3. The number of ether oxygens (including phenoxy) is 2. The lowest BCUT2D eigenvalue weighted by Gasteiger charge is -2.05. The van der Waals surface area contributed by atoms with Crippen LogP contribution < -0.4 is 15.0 Å². The fourth-order valence-corrected chi connectivity index (χ4v) is 1.92. The third kappa shape index (κ3) is 2.24. The number of nitrogens with zero attached hydrogens (tertiary/aromatic N) is 1. The van der Waals surface area contributed by atoms with Crippen molar-refractivity contribution in [2.45, 2.75) is 12.7 Å². The number of nitrogens with one attached hydrogen (secondary N) is 1. The van der Waals surface area contributed by atoms with Crippen molar-refractivity contribution in [2.75, 3.05) is 6.79 Å². The Morgan fingerprint density at radius 2 is 1.95 bits per heavy atom. The molecule has 20 heavy (non-hydrogen) atoms. The molecule has 3 rings (SSSR count). The molecule has 0 unspecified atom stereocenters. The summed E-state index contributed by atoms with van der Waals surface area (Å²) in [5, 5.41) is 2.04. The average molecular weight is 286 g/mol. The van der Waals surface area contributed by atoms with Crippen molar-refractivity contribution >= 4 is 0 Å². The van der Waals surface area contributed by atoms with Crippen LogP contribution in [-0.4, -0.2) is 16.6 Å². The molecule has 1 aliphatic heterocycles. The number of halogens is 3. The summed E-state index contributed by atoms with van der Waals surface area (Å²) in [5.41, 5.74) is -1.18. The molecule has 0 spiro atoms. The van der Waals surface area contributed by atoms with E-state index in [0.717, 1.165) is 4.68 Å². The third-order valence-electron chi connectivity index (χ3n) is 2.87. The van der Waals surface area contributed by atoms with Crippen molar-refractivity contribution in [1.82, 2.24) is 9.78 Å². The molecule has 0 saturated carbocycles. The minimum Gasteiger partial charge on any atom is -0.454 e. The number of rotatable bonds is 2. The lowest BCUT2D eigenvalue weighted by atomic mass is 10.2. The van der Waals surface area contributed by atoms with E-state index in [1.165, 1.54) is 0 Å². The fraction of sp³-hybridized carbons (Fsp3) is 0.250. The highest BCUT2D eigenvalue weighted by Gasteiger charge is 2.33. The molecule has 2 heterocycles. The highest BCUT2D eigenvalue weighted by molar-refractivity contribution is 5.44. The van der Waals surface area contributed by atoms with Gasteiger partial charge in [0, 0.05) is 6.07 Å². The van der Waals surface area contributed by atoms with Gasteiger partial charge in [0.25, 0.3) is 5.56 Å². The molecule has 0 aliphatic carbocycles. The Hall–Kier alpha value is -2.38. The van der Waals surface area contributed by atoms with Gasteiger partial charge in [0.2, 0.25) is 6.79 Å². The van der Waals surface area contributed by atoms with E-state index in [0.29, 0.717) is 23.1 Å². The summed E-state index contributed by atoms with van der Waals surface area (Å²) in [5.74, 6) is 1.08. The summed E-state index contributed by atoms with van der Waals surface area (Å²) in [4.78, 5) is 11.5. The molecular formula is C12H9F3N2O3. The number of benzene rings is 1. The molecule has 1 N–H and O–H groups in total. The molecule has 1 aliphatic rings. The molecule has 5 nitrogen and oxygen atoms in total. The van der Waals surface area contributed by atoms with Crippen LogP contribution in [0.1, 0.15) is 11.3 Å². The van der Waals surface area contributed by atoms with E-state index in [-0.39, 0.29) is 13.3 Å². The molecule has 0 saturated heterocycles. The molecule has 106 valence electrons. The monoisotopic (exact) mass is 286 g/mol. The minimum atomic E-state index is -4.57. The molecule has 0 radical (unpaired) electrons. The Morgan fingerprint density at radius 3 is 2.65 bits per heavy atom. The predicted molar refractivity (Wildman–Crippen MR) is 61.7 cm³/mol. The van der Waals surface area contributed by atoms with Gasteiger partial charge in [0.05, 0.1) is 6.54 Å². The zero-order valence-electron chi connectivity index (χ0n) is 10.0. The molecule has 1 aromatic carbocycles. The minimum absolute atomic E-state index is 0.00838. The summed E-state index contributed by atoms with van der Waals surface area (Å²) < 4.78 is 48.6. The van der Waals surface area contributed by atoms with Crippen molar-refractivity contribution in [3.8, 4) is 11.5 Å². The summed E-state index contributed by atoms with van der Waals surface area (Å²) in [6, 6.07) is 5.47. The zero-order chi connectivity index (χ0) is 14.3. The largest absolute Gasteiger partial charge is 0.454 e. The quantitative estimate of drug-likeness (QED) is 0.918. The first-order valence-corrected chi connectivity index (χ1v) is 5.69. The van der Waals surface area contributed by atoms with E-state index in [2.05, 4.69) is 0 Å². The van der Waals surface area contributed by atoms with Gasteiger partial charge in [-0.05, 0) is 17.7 Å². The van der Waals surface area contributed by atoms with Gasteiger partial charge in [-0.3, -0.25) is 9.89 Å². The number of aromatic nitrogens is 2. The Morgan fingerprint density at radius 1 is 1.20 bits per heavy atom. The van der Waals surface area contributed by atoms with Crippen LogP contribution in [0.3, 0.4) is 0 Å². The maximum absolute atomic E-state index is 12.5. The highest BCUT2D eigenvalue weighted by atomic mass is 19.4. The zero-order valence-corrected chi connectivity index (χ0v) is 10.0. The summed E-state index contributed by atoms with van der Waals surface area (Å²) in [7, 11) is 0. The Bertz CT molecular complexity index is 703. The van der Waals surface area contributed by atoms with Crippen molar-refractivity contribution < 1.29 is 22.6 Å². The van der Waals surface area contributed by atoms with Crippen molar-refractivity contribution in [1.29, 1.82) is 0 Å². The third-order valence-corrected chi connectivity index (χ3v) is 2.87. The molecule has 2 aromatic rings. The number of fused-ring (bicyclic) bond motifs is 1. The molecule has 0 atom stereocenters. The number of hydrogen-bond donors (Lipinski definition) is 1. The number of aromatic amines is 1. The molecule has 0 bridgehead atoms. The van der Waals surface area contributed by atoms with Crippen LogP contribution in [-0.2, 0) is 12.7 Å². The lowest BCUT2D eigenvalue weighted by Crippen LogP contribution is -2.16. The van der Waals surface area contributed by atoms with Crippen LogP contribution in [0.4, 0.5) is 13.2 Å². The van der Waals surface area contributed by atoms with Gasteiger partial charge in [-0.1, -0.05) is 6.07 Å². The van der Waals surface area contributed by atoms with E-state index < -0.39 is 17.4 Å². The second-order valence-electron chi connectivity index (χ2n) is 4.28. The SMILES string of the molecule is O=c1cc(C(F)(F)F)[nH]n1Cc1ccc2c(c1)OCO2. The van der Waals surface area contributed by atoms with Gasteiger partial charge in [0.15, 0.2) is 11.5 Å². The summed E-state index contributed by atoms with van der Waals surface area (Å²) >= 11 is 0. The van der Waals surface area contributed by atoms with Crippen LogP contribution in [0.5, 0.6) is 11.5 Å². The van der Waals surface area contributed by atoms with E-state index >= 15 is 0 Å². The van der Waals surface area contributed by atoms with Crippen LogP contribution in [0.15, 0.2) is 29.1 Å². The van der Waals surface area contributed by atoms with E-state index in [1.54, 1.807) is 18.2 Å². The van der Waals surface area contributed by atoms with Gasteiger partial charge in [-0.15, -0.1) is 0 Å². The molecule has 0 fully saturated rings. The lowest BCUT2D eigenvalue weighted by molar-refractivity contribution is -0.141. The van der Waals surface area contributed by atoms with Gasteiger partial charge in [-0.25, -0.2) is 4.68 Å². The van der Waals surface area contributed by atoms with Gasteiger partial charge in [0.1, 0.15) is 5.69 Å². The smallest absolute Gasteiger partial charge is 0.432 e. The number of hydrogen-bond acceptors (Lipinski definition) is 3. The highest BCUT2D eigenvalue weighted by Crippen LogP contribution is 2.32. The standard InChI is InChI=1S/C12H9F3N2O3/c13-12(14,15)10-4-11(18)17(16-10)5-7-1-2-8-9(3-7)20-6-19-8/h1-4,16H,5-6H2. The van der Waals surface area contributed by atoms with Crippen molar-refractivity contribution in [2.24, 2.45) is 0 Å². The van der Waals surface area contributed by atoms with Crippen molar-refractivity contribution in [3.05, 3.63) is 45.9 Å². The maximum atomic E-state index is 12.5. The van der Waals surface area contributed by atoms with E-state index in [4.69, 9.17) is 9.47 Å². The van der Waals surface area contributed by atoms with Gasteiger partial charge >= 0.3 is 6.18 Å². The predicted octanol–water partition coefficient (Wildman–Crippen LogP) is 1.97. The average Bonchev–Trinajstić information content (AvgIpc) is 2.95. The van der Waals surface area contributed by atoms with Crippen LogP contribution in [0.2, 0.25) is 0 Å². The van der Waals surface area contributed by atoms with Crippen LogP contribution in [0, 0.1) is 0 Å². The molecule has 8 heteroatoms. The fourth-order valence-electron chi connectivity index (χ4n) is 1.92. The topological polar surface area (TPSA) is 56.2 Å². The molecule has 1 aromatic heterocycles. The van der Waals surface area contributed by atoms with Crippen LogP contribution >= 0.6 is 0 Å². The van der Waals surface area contributed by atoms with Gasteiger partial charge in [-0.2, -0.15) is 13.2 Å². The molecule has 0 amide bonds. The second-order valence-corrected chi connectivity index (χ2v) is 4.28. The first-order chi connectivity index (χ1) is 9.43. The summed E-state index contributed by atoms with van der Waals surface area (Å²) in [6.45, 7) is 0.102. The van der Waals surface area contributed by atoms with Gasteiger partial charge < -0.3 is 9.47 Å². The Balaban J connectivity index is 1.88. The second kappa shape index (κ2) is 4.32. The molecular weight excluding hydrogens is 277 g/mol. The first-order valence-electron chi connectivity index (χ1n) is 5.69. The Kier molecular flexibility index (Phi) is 2.73. The number of H-pyrrole nitrogens is 1. The first kappa shape index (κ1) is 12.6. The van der Waals surface area contributed by atoms with Crippen molar-refractivity contribution in [3.63, 3.8) is 0 Å². The van der Waals surface area contributed by atoms with E-state index in [1.807, 2.05) is 5.10 Å². The van der Waals surface area contributed by atoms with E-state index in [9.17, 15) is 18.0 Å². The normalized spacial score (nSPS) is 13.8. The van der Waals surface area contributed by atoms with Crippen LogP contribution in [0.25, 0.3) is 0 Å².